The van der Waals surface area contributed by atoms with Gasteiger partial charge in [-0.3, -0.25) is 0 Å². The van der Waals surface area contributed by atoms with Gasteiger partial charge < -0.3 is 14.6 Å². The van der Waals surface area contributed by atoms with E-state index < -0.39 is 0 Å². The fraction of sp³-hybridized carbons (Fsp3) is 1.00. The summed E-state index contributed by atoms with van der Waals surface area (Å²) in [6.07, 6.45) is 22.1. The van der Waals surface area contributed by atoms with Crippen molar-refractivity contribution in [2.75, 3.05) is 13.2 Å². The molecule has 1 atom stereocenters. The van der Waals surface area contributed by atoms with E-state index in [4.69, 9.17) is 9.47 Å². The van der Waals surface area contributed by atoms with Gasteiger partial charge in [-0.2, -0.15) is 0 Å². The van der Waals surface area contributed by atoms with E-state index in [1.54, 1.807) is 0 Å². The fourth-order valence-electron chi connectivity index (χ4n) is 3.51. The van der Waals surface area contributed by atoms with Crippen LogP contribution in [0.25, 0.3) is 0 Å². The minimum absolute atomic E-state index is 0.0111. The molecule has 0 aliphatic rings. The van der Waals surface area contributed by atoms with E-state index in [1.165, 1.54) is 77.0 Å². The van der Waals surface area contributed by atoms with Gasteiger partial charge in [-0.05, 0) is 39.0 Å². The van der Waals surface area contributed by atoms with Crippen LogP contribution < -0.4 is 0 Å². The summed E-state index contributed by atoms with van der Waals surface area (Å²) in [5.74, 6) is 0. The molecule has 1 N–H and O–H groups in total. The van der Waals surface area contributed by atoms with Crippen molar-refractivity contribution < 1.29 is 14.6 Å². The Labute approximate surface area is 177 Å². The summed E-state index contributed by atoms with van der Waals surface area (Å²) < 4.78 is 12.2. The molecule has 0 saturated heterocycles. The lowest BCUT2D eigenvalue weighted by Gasteiger charge is -2.19. The Morgan fingerprint density at radius 3 is 1.39 bits per heavy atom. The number of ether oxygens (including phenoxy) is 2. The highest BCUT2D eigenvalue weighted by molar-refractivity contribution is 4.53. The van der Waals surface area contributed by atoms with Crippen molar-refractivity contribution in [3.8, 4) is 0 Å². The van der Waals surface area contributed by atoms with Gasteiger partial charge in [0.15, 0.2) is 6.29 Å². The molecule has 0 fully saturated rings. The van der Waals surface area contributed by atoms with Crippen molar-refractivity contribution in [1.82, 2.24) is 0 Å². The summed E-state index contributed by atoms with van der Waals surface area (Å²) in [6, 6.07) is 0. The smallest absolute Gasteiger partial charge is 0.157 e. The predicted octanol–water partition coefficient (Wildman–Crippen LogP) is 7.79. The van der Waals surface area contributed by atoms with Gasteiger partial charge in [0.25, 0.3) is 0 Å². The van der Waals surface area contributed by atoms with Crippen LogP contribution in [-0.2, 0) is 9.47 Å². The Balaban J connectivity index is 3.83. The molecule has 0 aromatic carbocycles. The second kappa shape index (κ2) is 23.2. The molecule has 0 radical (unpaired) electrons. The van der Waals surface area contributed by atoms with Gasteiger partial charge in [0, 0.05) is 13.2 Å². The topological polar surface area (TPSA) is 38.7 Å². The Hall–Kier alpha value is -0.120. The molecule has 3 nitrogen and oxygen atoms in total. The van der Waals surface area contributed by atoms with Gasteiger partial charge in [0.05, 0.1) is 6.10 Å². The molecule has 28 heavy (non-hydrogen) atoms. The SMILES string of the molecule is CCCCCCCCOC(CCCCCCC(C)O)OCCCCCCCC. The van der Waals surface area contributed by atoms with Crippen molar-refractivity contribution in [3.63, 3.8) is 0 Å². The number of unbranched alkanes of at least 4 members (excludes halogenated alkanes) is 13. The van der Waals surface area contributed by atoms with Gasteiger partial charge in [0.1, 0.15) is 0 Å². The molecule has 0 rings (SSSR count). The number of aliphatic hydroxyl groups is 1. The molecule has 0 amide bonds. The third kappa shape index (κ3) is 22.2. The lowest BCUT2D eigenvalue weighted by molar-refractivity contribution is -0.148. The number of hydrogen-bond acceptors (Lipinski definition) is 3. The molecule has 0 aliphatic heterocycles. The van der Waals surface area contributed by atoms with Crippen LogP contribution >= 0.6 is 0 Å². The Bertz CT molecular complexity index is 263. The third-order valence-electron chi connectivity index (χ3n) is 5.41. The first-order chi connectivity index (χ1) is 13.7. The van der Waals surface area contributed by atoms with Crippen LogP contribution in [0.15, 0.2) is 0 Å². The maximum absolute atomic E-state index is 9.33. The number of aliphatic hydroxyl groups excluding tert-OH is 1. The molecule has 0 spiro atoms. The highest BCUT2D eigenvalue weighted by atomic mass is 16.7. The van der Waals surface area contributed by atoms with Crippen molar-refractivity contribution in [2.45, 2.75) is 149 Å². The molecule has 1 unspecified atom stereocenters. The summed E-state index contributed by atoms with van der Waals surface area (Å²) in [5.41, 5.74) is 0. The normalized spacial score (nSPS) is 12.8. The standard InChI is InChI=1S/C25H52O3/c1-4-6-8-10-14-18-22-27-25(21-17-13-12-16-20-24(3)26)28-23-19-15-11-9-7-5-2/h24-26H,4-23H2,1-3H3. The first kappa shape index (κ1) is 27.9. The maximum Gasteiger partial charge on any atom is 0.157 e. The molecule has 170 valence electrons. The van der Waals surface area contributed by atoms with Gasteiger partial charge in [-0.15, -0.1) is 0 Å². The first-order valence-corrected chi connectivity index (χ1v) is 12.6. The second-order valence-electron chi connectivity index (χ2n) is 8.55. The lowest BCUT2D eigenvalue weighted by atomic mass is 10.1. The van der Waals surface area contributed by atoms with Crippen molar-refractivity contribution in [3.05, 3.63) is 0 Å². The summed E-state index contributed by atoms with van der Waals surface area (Å²) in [4.78, 5) is 0. The molecule has 0 bridgehead atoms. The fourth-order valence-corrected chi connectivity index (χ4v) is 3.51. The van der Waals surface area contributed by atoms with Gasteiger partial charge in [-0.1, -0.05) is 97.3 Å². The average Bonchev–Trinajstić information content (AvgIpc) is 2.68. The van der Waals surface area contributed by atoms with Crippen LogP contribution in [0.3, 0.4) is 0 Å². The summed E-state index contributed by atoms with van der Waals surface area (Å²) >= 11 is 0. The van der Waals surface area contributed by atoms with E-state index in [0.717, 1.165) is 51.7 Å². The second-order valence-corrected chi connectivity index (χ2v) is 8.55. The van der Waals surface area contributed by atoms with Crippen LogP contribution in [-0.4, -0.2) is 30.7 Å². The quantitative estimate of drug-likeness (QED) is 0.140. The van der Waals surface area contributed by atoms with E-state index in [-0.39, 0.29) is 12.4 Å². The maximum atomic E-state index is 9.33. The molecule has 3 heteroatoms. The highest BCUT2D eigenvalue weighted by Gasteiger charge is 2.09. The highest BCUT2D eigenvalue weighted by Crippen LogP contribution is 2.14. The zero-order valence-corrected chi connectivity index (χ0v) is 19.6. The Kier molecular flexibility index (Phi) is 23.1. The van der Waals surface area contributed by atoms with Gasteiger partial charge >= 0.3 is 0 Å². The molecule has 0 heterocycles. The lowest BCUT2D eigenvalue weighted by Crippen LogP contribution is -2.19. The van der Waals surface area contributed by atoms with Crippen LogP contribution in [0.1, 0.15) is 136 Å². The van der Waals surface area contributed by atoms with E-state index in [0.29, 0.717) is 0 Å². The minimum Gasteiger partial charge on any atom is -0.393 e. The van der Waals surface area contributed by atoms with Crippen molar-refractivity contribution >= 4 is 0 Å². The van der Waals surface area contributed by atoms with Gasteiger partial charge in [-0.25, -0.2) is 0 Å². The van der Waals surface area contributed by atoms with E-state index in [2.05, 4.69) is 13.8 Å². The number of hydrogen-bond donors (Lipinski definition) is 1. The van der Waals surface area contributed by atoms with E-state index in [1.807, 2.05) is 6.92 Å². The van der Waals surface area contributed by atoms with Crippen LogP contribution in [0.5, 0.6) is 0 Å². The number of rotatable bonds is 23. The molecule has 0 saturated carbocycles. The summed E-state index contributed by atoms with van der Waals surface area (Å²) in [5, 5.41) is 9.33. The molecular formula is C25H52O3. The van der Waals surface area contributed by atoms with Crippen LogP contribution in [0.4, 0.5) is 0 Å². The van der Waals surface area contributed by atoms with Crippen molar-refractivity contribution in [2.24, 2.45) is 0 Å². The third-order valence-corrected chi connectivity index (χ3v) is 5.41. The first-order valence-electron chi connectivity index (χ1n) is 12.6. The molecule has 0 aromatic heterocycles. The van der Waals surface area contributed by atoms with E-state index >= 15 is 0 Å². The average molecular weight is 401 g/mol. The van der Waals surface area contributed by atoms with Crippen LogP contribution in [0, 0.1) is 0 Å². The summed E-state index contributed by atoms with van der Waals surface area (Å²) in [6.45, 7) is 8.09. The zero-order chi connectivity index (χ0) is 20.7. The Morgan fingerprint density at radius 2 is 0.929 bits per heavy atom. The Morgan fingerprint density at radius 1 is 0.536 bits per heavy atom. The van der Waals surface area contributed by atoms with Gasteiger partial charge in [0.2, 0.25) is 0 Å². The molecule has 0 aromatic rings. The largest absolute Gasteiger partial charge is 0.393 e. The minimum atomic E-state index is -0.158. The van der Waals surface area contributed by atoms with Crippen LogP contribution in [0.2, 0.25) is 0 Å². The molecular weight excluding hydrogens is 348 g/mol. The van der Waals surface area contributed by atoms with E-state index in [9.17, 15) is 5.11 Å². The summed E-state index contributed by atoms with van der Waals surface area (Å²) in [7, 11) is 0. The molecule has 0 aliphatic carbocycles. The predicted molar refractivity (Wildman–Crippen MR) is 122 cm³/mol. The monoisotopic (exact) mass is 400 g/mol. The van der Waals surface area contributed by atoms with Crippen molar-refractivity contribution in [1.29, 1.82) is 0 Å². The zero-order valence-electron chi connectivity index (χ0n) is 19.6.